The van der Waals surface area contributed by atoms with Gasteiger partial charge in [-0.25, -0.2) is 0 Å². The first kappa shape index (κ1) is 20.3. The van der Waals surface area contributed by atoms with Crippen LogP contribution in [0.15, 0.2) is 91.0 Å². The molecule has 1 heterocycles. The van der Waals surface area contributed by atoms with Crippen molar-refractivity contribution in [1.29, 1.82) is 0 Å². The highest BCUT2D eigenvalue weighted by atomic mass is 16.5. The quantitative estimate of drug-likeness (QED) is 0.598. The Balaban J connectivity index is 1.32. The first-order valence-electron chi connectivity index (χ1n) is 10.5. The summed E-state index contributed by atoms with van der Waals surface area (Å²) >= 11 is 0. The monoisotopic (exact) mass is 400 g/mol. The van der Waals surface area contributed by atoms with E-state index in [1.807, 2.05) is 71.6 Å². The summed E-state index contributed by atoms with van der Waals surface area (Å²) < 4.78 is 6.15. The molecule has 1 saturated heterocycles. The molecule has 154 valence electrons. The maximum absolute atomic E-state index is 12.8. The molecule has 0 saturated carbocycles. The number of benzene rings is 3. The molecule has 1 amide bonds. The molecule has 0 atom stereocenters. The van der Waals surface area contributed by atoms with Gasteiger partial charge in [0.2, 0.25) is 5.91 Å². The van der Waals surface area contributed by atoms with Gasteiger partial charge in [0.1, 0.15) is 12.7 Å². The van der Waals surface area contributed by atoms with Crippen molar-refractivity contribution in [3.05, 3.63) is 108 Å². The largest absolute Gasteiger partial charge is 0.359 e. The summed E-state index contributed by atoms with van der Waals surface area (Å²) in [4.78, 5) is 17.1. The normalized spacial score (nSPS) is 14.8. The Bertz CT molecular complexity index is 868. The molecule has 0 radical (unpaired) electrons. The standard InChI is InChI=1S/C26H28N2O2/c29-25(28-18-16-27(17-19-28)20-22-10-4-1-5-11-22)21-30-26(23-12-6-2-7-13-23)24-14-8-3-9-15-24/h1-15,26H,16-21H2. The van der Waals surface area contributed by atoms with Gasteiger partial charge in [-0.3, -0.25) is 9.69 Å². The second-order valence-corrected chi connectivity index (χ2v) is 7.65. The fraction of sp³-hybridized carbons (Fsp3) is 0.269. The first-order valence-corrected chi connectivity index (χ1v) is 10.5. The molecular formula is C26H28N2O2. The molecule has 1 aliphatic rings. The number of hydrogen-bond acceptors (Lipinski definition) is 3. The molecule has 3 aromatic carbocycles. The molecule has 3 aromatic rings. The van der Waals surface area contributed by atoms with Gasteiger partial charge in [-0.1, -0.05) is 91.0 Å². The smallest absolute Gasteiger partial charge is 0.248 e. The lowest BCUT2D eigenvalue weighted by atomic mass is 10.0. The molecule has 0 bridgehead atoms. The summed E-state index contributed by atoms with van der Waals surface area (Å²) in [5.74, 6) is 0.0613. The summed E-state index contributed by atoms with van der Waals surface area (Å²) in [5.41, 5.74) is 3.43. The van der Waals surface area contributed by atoms with E-state index in [9.17, 15) is 4.79 Å². The Morgan fingerprint density at radius 2 is 1.23 bits per heavy atom. The van der Waals surface area contributed by atoms with Crippen molar-refractivity contribution in [3.63, 3.8) is 0 Å². The third-order valence-electron chi connectivity index (χ3n) is 5.55. The molecule has 4 nitrogen and oxygen atoms in total. The average Bonchev–Trinajstić information content (AvgIpc) is 2.82. The minimum Gasteiger partial charge on any atom is -0.359 e. The van der Waals surface area contributed by atoms with Gasteiger partial charge in [0.15, 0.2) is 0 Å². The van der Waals surface area contributed by atoms with Crippen LogP contribution < -0.4 is 0 Å². The lowest BCUT2D eigenvalue weighted by Gasteiger charge is -2.35. The van der Waals surface area contributed by atoms with E-state index in [2.05, 4.69) is 29.2 Å². The Morgan fingerprint density at radius 1 is 0.733 bits per heavy atom. The minimum atomic E-state index is -0.240. The Morgan fingerprint density at radius 3 is 1.77 bits per heavy atom. The summed E-state index contributed by atoms with van der Waals surface area (Å²) in [5, 5.41) is 0. The number of carbonyl (C=O) groups is 1. The fourth-order valence-electron chi connectivity index (χ4n) is 3.88. The van der Waals surface area contributed by atoms with Crippen LogP contribution in [0.5, 0.6) is 0 Å². The van der Waals surface area contributed by atoms with Gasteiger partial charge in [0.25, 0.3) is 0 Å². The topological polar surface area (TPSA) is 32.8 Å². The van der Waals surface area contributed by atoms with Gasteiger partial charge >= 0.3 is 0 Å². The van der Waals surface area contributed by atoms with Crippen LogP contribution in [0.25, 0.3) is 0 Å². The summed E-state index contributed by atoms with van der Waals surface area (Å²) in [6.07, 6.45) is -0.240. The van der Waals surface area contributed by atoms with Gasteiger partial charge in [-0.2, -0.15) is 0 Å². The molecule has 0 aliphatic carbocycles. The molecular weight excluding hydrogens is 372 g/mol. The van der Waals surface area contributed by atoms with E-state index in [1.54, 1.807) is 0 Å². The molecule has 4 rings (SSSR count). The first-order chi connectivity index (χ1) is 14.8. The van der Waals surface area contributed by atoms with Crippen molar-refractivity contribution < 1.29 is 9.53 Å². The van der Waals surface area contributed by atoms with E-state index < -0.39 is 0 Å². The maximum Gasteiger partial charge on any atom is 0.248 e. The number of nitrogens with zero attached hydrogens (tertiary/aromatic N) is 2. The highest BCUT2D eigenvalue weighted by Gasteiger charge is 2.23. The molecule has 0 aromatic heterocycles. The van der Waals surface area contributed by atoms with Crippen LogP contribution in [0, 0.1) is 0 Å². The number of carbonyl (C=O) groups excluding carboxylic acids is 1. The molecule has 1 fully saturated rings. The van der Waals surface area contributed by atoms with Crippen LogP contribution in [0.2, 0.25) is 0 Å². The van der Waals surface area contributed by atoms with E-state index in [-0.39, 0.29) is 18.6 Å². The zero-order chi connectivity index (χ0) is 20.6. The van der Waals surface area contributed by atoms with Gasteiger partial charge in [0, 0.05) is 32.7 Å². The molecule has 0 N–H and O–H groups in total. The Labute approximate surface area is 178 Å². The van der Waals surface area contributed by atoms with Crippen LogP contribution in [-0.2, 0) is 16.1 Å². The number of piperazine rings is 1. The van der Waals surface area contributed by atoms with Crippen molar-refractivity contribution >= 4 is 5.91 Å². The number of ether oxygens (including phenoxy) is 1. The van der Waals surface area contributed by atoms with Gasteiger partial charge in [-0.15, -0.1) is 0 Å². The third kappa shape index (κ3) is 5.35. The van der Waals surface area contributed by atoms with E-state index in [4.69, 9.17) is 4.74 Å². The molecule has 4 heteroatoms. The number of rotatable bonds is 7. The minimum absolute atomic E-state index is 0.0613. The SMILES string of the molecule is O=C(COC(c1ccccc1)c1ccccc1)N1CCN(Cc2ccccc2)CC1. The lowest BCUT2D eigenvalue weighted by Crippen LogP contribution is -2.49. The highest BCUT2D eigenvalue weighted by Crippen LogP contribution is 2.25. The highest BCUT2D eigenvalue weighted by molar-refractivity contribution is 5.77. The summed E-state index contributed by atoms with van der Waals surface area (Å²) in [7, 11) is 0. The number of hydrogen-bond donors (Lipinski definition) is 0. The summed E-state index contributed by atoms with van der Waals surface area (Å²) in [6, 6.07) is 30.7. The summed E-state index contributed by atoms with van der Waals surface area (Å²) in [6.45, 7) is 4.30. The molecule has 0 unspecified atom stereocenters. The molecule has 30 heavy (non-hydrogen) atoms. The van der Waals surface area contributed by atoms with Crippen molar-refractivity contribution in [2.75, 3.05) is 32.8 Å². The van der Waals surface area contributed by atoms with Crippen LogP contribution in [0.1, 0.15) is 22.8 Å². The van der Waals surface area contributed by atoms with Crippen LogP contribution in [0.4, 0.5) is 0 Å². The van der Waals surface area contributed by atoms with Crippen molar-refractivity contribution in [1.82, 2.24) is 9.80 Å². The zero-order valence-corrected chi connectivity index (χ0v) is 17.2. The predicted molar refractivity (Wildman–Crippen MR) is 119 cm³/mol. The van der Waals surface area contributed by atoms with Crippen molar-refractivity contribution in [2.24, 2.45) is 0 Å². The molecule has 1 aliphatic heterocycles. The van der Waals surface area contributed by atoms with Crippen LogP contribution in [0.3, 0.4) is 0 Å². The Hall–Kier alpha value is -2.95. The lowest BCUT2D eigenvalue weighted by molar-refractivity contribution is -0.139. The van der Waals surface area contributed by atoms with Gasteiger partial charge in [0.05, 0.1) is 0 Å². The zero-order valence-electron chi connectivity index (χ0n) is 17.2. The molecule has 0 spiro atoms. The van der Waals surface area contributed by atoms with E-state index in [0.717, 1.165) is 43.9 Å². The van der Waals surface area contributed by atoms with Gasteiger partial charge < -0.3 is 9.64 Å². The van der Waals surface area contributed by atoms with Gasteiger partial charge in [-0.05, 0) is 16.7 Å². The van der Waals surface area contributed by atoms with Crippen molar-refractivity contribution in [2.45, 2.75) is 12.6 Å². The second kappa shape index (κ2) is 10.2. The fourth-order valence-corrected chi connectivity index (χ4v) is 3.88. The third-order valence-corrected chi connectivity index (χ3v) is 5.55. The van der Waals surface area contributed by atoms with E-state index in [0.29, 0.717) is 0 Å². The van der Waals surface area contributed by atoms with E-state index >= 15 is 0 Å². The van der Waals surface area contributed by atoms with Crippen LogP contribution >= 0.6 is 0 Å². The average molecular weight is 401 g/mol. The second-order valence-electron chi connectivity index (χ2n) is 7.65. The van der Waals surface area contributed by atoms with Crippen molar-refractivity contribution in [3.8, 4) is 0 Å². The Kier molecular flexibility index (Phi) is 6.91. The maximum atomic E-state index is 12.8. The van der Waals surface area contributed by atoms with Crippen LogP contribution in [-0.4, -0.2) is 48.5 Å². The number of amides is 1. The van der Waals surface area contributed by atoms with E-state index in [1.165, 1.54) is 5.56 Å². The predicted octanol–water partition coefficient (Wildman–Crippen LogP) is 4.14.